The van der Waals surface area contributed by atoms with Crippen LogP contribution in [-0.2, 0) is 16.3 Å². The smallest absolute Gasteiger partial charge is 0.153 e. The lowest BCUT2D eigenvalue weighted by molar-refractivity contribution is 0.341. The Morgan fingerprint density at radius 1 is 1.19 bits per heavy atom. The van der Waals surface area contributed by atoms with E-state index >= 15 is 0 Å². The van der Waals surface area contributed by atoms with Crippen LogP contribution in [0.25, 0.3) is 0 Å². The number of sulfone groups is 1. The molecule has 21 heavy (non-hydrogen) atoms. The van der Waals surface area contributed by atoms with Crippen LogP contribution in [0.2, 0.25) is 0 Å². The minimum atomic E-state index is -2.95. The van der Waals surface area contributed by atoms with Gasteiger partial charge in [0.05, 0.1) is 5.75 Å². The number of hydrogen-bond donors (Lipinski definition) is 1. The molecular weight excluding hydrogens is 286 g/mol. The van der Waals surface area contributed by atoms with Crippen LogP contribution in [0.3, 0.4) is 0 Å². The Hall–Kier alpha value is -1.07. The monoisotopic (exact) mass is 313 g/mol. The van der Waals surface area contributed by atoms with Gasteiger partial charge in [0.2, 0.25) is 0 Å². The van der Waals surface area contributed by atoms with E-state index in [0.29, 0.717) is 6.04 Å². The van der Waals surface area contributed by atoms with Crippen molar-refractivity contribution in [3.8, 4) is 5.75 Å². The van der Waals surface area contributed by atoms with Crippen LogP contribution >= 0.6 is 0 Å². The maximum atomic E-state index is 11.4. The molecule has 5 heteroatoms. The Balaban J connectivity index is 2.37. The molecule has 0 saturated heterocycles. The maximum Gasteiger partial charge on any atom is 0.153 e. The second-order valence-electron chi connectivity index (χ2n) is 5.23. The first kappa shape index (κ1) is 18.0. The number of aryl methyl sites for hydroxylation is 1. The van der Waals surface area contributed by atoms with E-state index in [-0.39, 0.29) is 18.1 Å². The molecule has 1 atom stereocenters. The van der Waals surface area contributed by atoms with Gasteiger partial charge in [-0.3, -0.25) is 0 Å². The summed E-state index contributed by atoms with van der Waals surface area (Å²) in [6.07, 6.45) is 2.13. The zero-order valence-electron chi connectivity index (χ0n) is 13.3. The van der Waals surface area contributed by atoms with Gasteiger partial charge in [-0.25, -0.2) is 8.42 Å². The molecule has 1 N–H and O–H groups in total. The van der Waals surface area contributed by atoms with Gasteiger partial charge in [-0.1, -0.05) is 26.0 Å². The lowest BCUT2D eigenvalue weighted by Crippen LogP contribution is -2.25. The lowest BCUT2D eigenvalue weighted by atomic mass is 10.1. The van der Waals surface area contributed by atoms with Gasteiger partial charge in [0.1, 0.15) is 12.4 Å². The number of nitrogens with one attached hydrogen (secondary N) is 1. The van der Waals surface area contributed by atoms with E-state index in [2.05, 4.69) is 19.2 Å². The molecule has 0 radical (unpaired) electrons. The van der Waals surface area contributed by atoms with Crippen molar-refractivity contribution in [1.82, 2.24) is 5.32 Å². The van der Waals surface area contributed by atoms with Crippen molar-refractivity contribution in [3.63, 3.8) is 0 Å². The van der Waals surface area contributed by atoms with Gasteiger partial charge in [0.25, 0.3) is 0 Å². The van der Waals surface area contributed by atoms with Crippen molar-refractivity contribution in [3.05, 3.63) is 29.8 Å². The van der Waals surface area contributed by atoms with Crippen molar-refractivity contribution in [2.75, 3.05) is 24.7 Å². The van der Waals surface area contributed by atoms with Gasteiger partial charge in [0.15, 0.2) is 9.84 Å². The predicted octanol–water partition coefficient (Wildman–Crippen LogP) is 2.43. The van der Waals surface area contributed by atoms with E-state index in [4.69, 9.17) is 4.74 Å². The molecule has 0 heterocycles. The summed E-state index contributed by atoms with van der Waals surface area (Å²) >= 11 is 0. The van der Waals surface area contributed by atoms with Crippen molar-refractivity contribution < 1.29 is 13.2 Å². The minimum Gasteiger partial charge on any atom is -0.493 e. The first-order valence-corrected chi connectivity index (χ1v) is 9.44. The number of ether oxygens (including phenoxy) is 1. The Kier molecular flexibility index (Phi) is 7.75. The quantitative estimate of drug-likeness (QED) is 0.721. The minimum absolute atomic E-state index is 0.0749. The van der Waals surface area contributed by atoms with Gasteiger partial charge in [-0.15, -0.1) is 0 Å². The maximum absolute atomic E-state index is 11.4. The largest absolute Gasteiger partial charge is 0.493 e. The summed E-state index contributed by atoms with van der Waals surface area (Å²) in [5, 5.41) is 3.39. The van der Waals surface area contributed by atoms with Crippen molar-refractivity contribution in [1.29, 1.82) is 0 Å². The van der Waals surface area contributed by atoms with Crippen LogP contribution in [0, 0.1) is 0 Å². The van der Waals surface area contributed by atoms with E-state index in [9.17, 15) is 8.42 Å². The fraction of sp³-hybridized carbons (Fsp3) is 0.625. The number of rotatable bonds is 10. The molecule has 1 aromatic carbocycles. The van der Waals surface area contributed by atoms with E-state index in [1.807, 2.05) is 24.3 Å². The summed E-state index contributed by atoms with van der Waals surface area (Å²) in [6, 6.07) is 8.42. The van der Waals surface area contributed by atoms with Crippen LogP contribution in [0.4, 0.5) is 0 Å². The Bertz CT molecular complexity index is 497. The highest BCUT2D eigenvalue weighted by Crippen LogP contribution is 2.14. The molecule has 0 saturated carbocycles. The lowest BCUT2D eigenvalue weighted by Gasteiger charge is -2.12. The summed E-state index contributed by atoms with van der Waals surface area (Å²) in [5.41, 5.74) is 1.27. The predicted molar refractivity (Wildman–Crippen MR) is 87.7 cm³/mol. The summed E-state index contributed by atoms with van der Waals surface area (Å²) < 4.78 is 28.2. The van der Waals surface area contributed by atoms with Crippen LogP contribution in [0.15, 0.2) is 24.3 Å². The Labute approximate surface area is 128 Å². The second kappa shape index (κ2) is 9.05. The van der Waals surface area contributed by atoms with Crippen molar-refractivity contribution >= 4 is 9.84 Å². The van der Waals surface area contributed by atoms with Gasteiger partial charge < -0.3 is 10.1 Å². The normalized spacial score (nSPS) is 13.1. The molecule has 1 unspecified atom stereocenters. The highest BCUT2D eigenvalue weighted by Gasteiger charge is 2.07. The standard InChI is InChI=1S/C16H27NO3S/c1-4-17-14(3)6-7-15-8-10-16(11-9-15)20-12-13-21(18,19)5-2/h8-11,14,17H,4-7,12-13H2,1-3H3. The SMILES string of the molecule is CCNC(C)CCc1ccc(OCCS(=O)(=O)CC)cc1. The van der Waals surface area contributed by atoms with Gasteiger partial charge in [-0.2, -0.15) is 0 Å². The first-order chi connectivity index (χ1) is 9.96. The van der Waals surface area contributed by atoms with Crippen LogP contribution in [0.1, 0.15) is 32.8 Å². The second-order valence-corrected chi connectivity index (χ2v) is 7.70. The topological polar surface area (TPSA) is 55.4 Å². The molecule has 0 aliphatic carbocycles. The molecule has 4 nitrogen and oxygen atoms in total. The Morgan fingerprint density at radius 3 is 2.43 bits per heavy atom. The zero-order chi connectivity index (χ0) is 15.7. The average molecular weight is 313 g/mol. The van der Waals surface area contributed by atoms with E-state index in [1.54, 1.807) is 6.92 Å². The molecule has 0 aromatic heterocycles. The Morgan fingerprint density at radius 2 is 1.86 bits per heavy atom. The highest BCUT2D eigenvalue weighted by molar-refractivity contribution is 7.91. The molecule has 120 valence electrons. The summed E-state index contributed by atoms with van der Waals surface area (Å²) in [5.74, 6) is 0.967. The summed E-state index contributed by atoms with van der Waals surface area (Å²) in [6.45, 7) is 7.16. The van der Waals surface area contributed by atoms with E-state index in [0.717, 1.165) is 25.1 Å². The van der Waals surface area contributed by atoms with Crippen LogP contribution in [-0.4, -0.2) is 39.1 Å². The molecule has 1 rings (SSSR count). The van der Waals surface area contributed by atoms with Crippen LogP contribution < -0.4 is 10.1 Å². The molecule has 0 amide bonds. The fourth-order valence-electron chi connectivity index (χ4n) is 2.02. The first-order valence-electron chi connectivity index (χ1n) is 7.62. The molecule has 0 fully saturated rings. The number of benzene rings is 1. The van der Waals surface area contributed by atoms with Crippen molar-refractivity contribution in [2.24, 2.45) is 0 Å². The third-order valence-electron chi connectivity index (χ3n) is 3.44. The third kappa shape index (κ3) is 7.48. The molecule has 0 bridgehead atoms. The van der Waals surface area contributed by atoms with E-state index in [1.165, 1.54) is 5.56 Å². The molecule has 0 aliphatic rings. The third-order valence-corrected chi connectivity index (χ3v) is 5.11. The van der Waals surface area contributed by atoms with Gasteiger partial charge in [-0.05, 0) is 44.0 Å². The van der Waals surface area contributed by atoms with Gasteiger partial charge >= 0.3 is 0 Å². The average Bonchev–Trinajstić information content (AvgIpc) is 2.47. The van der Waals surface area contributed by atoms with Crippen molar-refractivity contribution in [2.45, 2.75) is 39.7 Å². The molecule has 1 aromatic rings. The summed E-state index contributed by atoms with van der Waals surface area (Å²) in [7, 11) is -2.95. The zero-order valence-corrected chi connectivity index (χ0v) is 14.1. The molecule has 0 aliphatic heterocycles. The highest BCUT2D eigenvalue weighted by atomic mass is 32.2. The number of hydrogen-bond acceptors (Lipinski definition) is 4. The fourth-order valence-corrected chi connectivity index (χ4v) is 2.64. The molecule has 0 spiro atoms. The van der Waals surface area contributed by atoms with E-state index < -0.39 is 9.84 Å². The van der Waals surface area contributed by atoms with Gasteiger partial charge in [0, 0.05) is 11.8 Å². The molecular formula is C16H27NO3S. The van der Waals surface area contributed by atoms with Crippen LogP contribution in [0.5, 0.6) is 5.75 Å². The summed E-state index contributed by atoms with van der Waals surface area (Å²) in [4.78, 5) is 0.